The van der Waals surface area contributed by atoms with Gasteiger partial charge in [0, 0.05) is 23.6 Å². The van der Waals surface area contributed by atoms with Gasteiger partial charge in [0.2, 0.25) is 5.91 Å². The predicted molar refractivity (Wildman–Crippen MR) is 69.4 cm³/mol. The van der Waals surface area contributed by atoms with E-state index < -0.39 is 5.41 Å². The highest BCUT2D eigenvalue weighted by atomic mass is 79.9. The quantitative estimate of drug-likeness (QED) is 0.689. The maximum Gasteiger partial charge on any atom is 0.305 e. The van der Waals surface area contributed by atoms with Crippen LogP contribution in [-0.4, -0.2) is 25.5 Å². The lowest BCUT2D eigenvalue weighted by Gasteiger charge is -2.31. The Labute approximate surface area is 113 Å². The number of rotatable bonds is 0. The number of esters is 1. The number of hydrogen-bond acceptors (Lipinski definition) is 3. The van der Waals surface area contributed by atoms with Gasteiger partial charge in [-0.25, -0.2) is 0 Å². The maximum absolute atomic E-state index is 12.5. The number of amides is 1. The molecule has 1 amide bonds. The number of carbonyl (C=O) groups is 2. The van der Waals surface area contributed by atoms with Crippen LogP contribution in [0.25, 0.3) is 0 Å². The Morgan fingerprint density at radius 3 is 2.83 bits per heavy atom. The minimum Gasteiger partial charge on any atom is -0.464 e. The fourth-order valence-electron chi connectivity index (χ4n) is 2.77. The van der Waals surface area contributed by atoms with Gasteiger partial charge in [0.25, 0.3) is 0 Å². The molecule has 0 aliphatic carbocycles. The van der Waals surface area contributed by atoms with E-state index in [-0.39, 0.29) is 18.5 Å². The minimum atomic E-state index is -0.679. The van der Waals surface area contributed by atoms with E-state index in [9.17, 15) is 9.59 Å². The molecule has 5 heteroatoms. The minimum absolute atomic E-state index is 0.0168. The lowest BCUT2D eigenvalue weighted by atomic mass is 9.77. The molecule has 1 aromatic carbocycles. The van der Waals surface area contributed by atoms with Crippen molar-refractivity contribution in [2.45, 2.75) is 18.3 Å². The summed E-state index contributed by atoms with van der Waals surface area (Å²) in [5.74, 6) is -0.206. The SMILES string of the molecule is CN1C(=O)C2(CCC(=O)OC2)c2cc(Br)ccc21. The van der Waals surface area contributed by atoms with Gasteiger partial charge in [0.15, 0.2) is 0 Å². The number of fused-ring (bicyclic) bond motifs is 2. The first kappa shape index (κ1) is 11.7. The van der Waals surface area contributed by atoms with Crippen molar-refractivity contribution in [3.05, 3.63) is 28.2 Å². The van der Waals surface area contributed by atoms with Gasteiger partial charge >= 0.3 is 5.97 Å². The lowest BCUT2D eigenvalue weighted by molar-refractivity contribution is -0.152. The van der Waals surface area contributed by atoms with E-state index in [1.807, 2.05) is 18.2 Å². The third kappa shape index (κ3) is 1.43. The van der Waals surface area contributed by atoms with Crippen LogP contribution < -0.4 is 4.90 Å². The third-order valence-electron chi connectivity index (χ3n) is 3.79. The molecule has 1 spiro atoms. The Morgan fingerprint density at radius 1 is 1.39 bits per heavy atom. The van der Waals surface area contributed by atoms with Gasteiger partial charge in [-0.3, -0.25) is 9.59 Å². The van der Waals surface area contributed by atoms with E-state index in [1.54, 1.807) is 11.9 Å². The van der Waals surface area contributed by atoms with E-state index in [4.69, 9.17) is 4.74 Å². The van der Waals surface area contributed by atoms with Crippen LogP contribution in [-0.2, 0) is 19.7 Å². The molecular formula is C13H12BrNO3. The van der Waals surface area contributed by atoms with Crippen LogP contribution in [0, 0.1) is 0 Å². The molecule has 0 radical (unpaired) electrons. The molecule has 2 heterocycles. The zero-order valence-electron chi connectivity index (χ0n) is 9.90. The van der Waals surface area contributed by atoms with Crippen molar-refractivity contribution in [3.8, 4) is 0 Å². The highest BCUT2D eigenvalue weighted by molar-refractivity contribution is 9.10. The van der Waals surface area contributed by atoms with Crippen LogP contribution in [0.1, 0.15) is 18.4 Å². The fourth-order valence-corrected chi connectivity index (χ4v) is 3.14. The van der Waals surface area contributed by atoms with Crippen molar-refractivity contribution in [1.29, 1.82) is 0 Å². The summed E-state index contributed by atoms with van der Waals surface area (Å²) >= 11 is 3.43. The van der Waals surface area contributed by atoms with Crippen LogP contribution in [0.5, 0.6) is 0 Å². The summed E-state index contributed by atoms with van der Waals surface area (Å²) in [6.07, 6.45) is 0.823. The number of benzene rings is 1. The van der Waals surface area contributed by atoms with E-state index in [2.05, 4.69) is 15.9 Å². The van der Waals surface area contributed by atoms with Crippen molar-refractivity contribution < 1.29 is 14.3 Å². The van der Waals surface area contributed by atoms with Crippen molar-refractivity contribution in [3.63, 3.8) is 0 Å². The molecule has 2 aliphatic rings. The standard InChI is InChI=1S/C13H12BrNO3/c1-15-10-3-2-8(14)6-9(10)13(12(15)17)5-4-11(16)18-7-13/h2-3,6H,4-5,7H2,1H3. The molecule has 4 nitrogen and oxygen atoms in total. The molecule has 1 saturated heterocycles. The van der Waals surface area contributed by atoms with Crippen molar-refractivity contribution >= 4 is 33.5 Å². The summed E-state index contributed by atoms with van der Waals surface area (Å²) in [5, 5.41) is 0. The largest absolute Gasteiger partial charge is 0.464 e. The Balaban J connectivity index is 2.14. The van der Waals surface area contributed by atoms with Crippen molar-refractivity contribution in [1.82, 2.24) is 0 Å². The zero-order valence-corrected chi connectivity index (χ0v) is 11.5. The molecule has 18 heavy (non-hydrogen) atoms. The summed E-state index contributed by atoms with van der Waals surface area (Å²) in [4.78, 5) is 25.3. The predicted octanol–water partition coefficient (Wildman–Crippen LogP) is 2.00. The van der Waals surface area contributed by atoms with Gasteiger partial charge in [-0.1, -0.05) is 15.9 Å². The van der Waals surface area contributed by atoms with Crippen molar-refractivity contribution in [2.24, 2.45) is 0 Å². The number of likely N-dealkylation sites (N-methyl/N-ethyl adjacent to an activating group) is 1. The summed E-state index contributed by atoms with van der Waals surface area (Å²) in [6, 6.07) is 5.79. The van der Waals surface area contributed by atoms with Crippen LogP contribution >= 0.6 is 15.9 Å². The first-order valence-corrected chi connectivity index (χ1v) is 6.58. The van der Waals surface area contributed by atoms with E-state index in [1.165, 1.54) is 0 Å². The first-order chi connectivity index (χ1) is 8.54. The van der Waals surface area contributed by atoms with Gasteiger partial charge in [0.05, 0.1) is 0 Å². The molecule has 1 aromatic rings. The molecule has 0 N–H and O–H groups in total. The number of carbonyl (C=O) groups excluding carboxylic acids is 2. The molecule has 0 aromatic heterocycles. The van der Waals surface area contributed by atoms with Crippen LogP contribution in [0.4, 0.5) is 5.69 Å². The first-order valence-electron chi connectivity index (χ1n) is 5.78. The topological polar surface area (TPSA) is 46.6 Å². The van der Waals surface area contributed by atoms with E-state index in [0.717, 1.165) is 15.7 Å². The molecule has 2 aliphatic heterocycles. The second kappa shape index (κ2) is 3.82. The molecule has 3 rings (SSSR count). The number of hydrogen-bond donors (Lipinski definition) is 0. The van der Waals surface area contributed by atoms with Crippen LogP contribution in [0.2, 0.25) is 0 Å². The molecule has 1 unspecified atom stereocenters. The Hall–Kier alpha value is -1.36. The van der Waals surface area contributed by atoms with E-state index >= 15 is 0 Å². The number of cyclic esters (lactones) is 1. The van der Waals surface area contributed by atoms with E-state index in [0.29, 0.717) is 12.8 Å². The summed E-state index contributed by atoms with van der Waals surface area (Å²) in [5.41, 5.74) is 1.18. The highest BCUT2D eigenvalue weighted by Crippen LogP contribution is 2.46. The molecule has 0 saturated carbocycles. The van der Waals surface area contributed by atoms with Gasteiger partial charge in [0.1, 0.15) is 12.0 Å². The summed E-state index contributed by atoms with van der Waals surface area (Å²) in [7, 11) is 1.76. The molecule has 94 valence electrons. The maximum atomic E-state index is 12.5. The van der Waals surface area contributed by atoms with Gasteiger partial charge in [-0.2, -0.15) is 0 Å². The number of nitrogens with zero attached hydrogens (tertiary/aromatic N) is 1. The second-order valence-electron chi connectivity index (χ2n) is 4.77. The van der Waals surface area contributed by atoms with Gasteiger partial charge < -0.3 is 9.64 Å². The van der Waals surface area contributed by atoms with Gasteiger partial charge in [-0.15, -0.1) is 0 Å². The van der Waals surface area contributed by atoms with Gasteiger partial charge in [-0.05, 0) is 30.2 Å². The average molecular weight is 310 g/mol. The zero-order chi connectivity index (χ0) is 12.9. The van der Waals surface area contributed by atoms with Crippen LogP contribution in [0.3, 0.4) is 0 Å². The smallest absolute Gasteiger partial charge is 0.305 e. The Kier molecular flexibility index (Phi) is 2.48. The number of halogens is 1. The number of anilines is 1. The summed E-state index contributed by atoms with van der Waals surface area (Å²) < 4.78 is 6.06. The third-order valence-corrected chi connectivity index (χ3v) is 4.28. The lowest BCUT2D eigenvalue weighted by Crippen LogP contribution is -2.46. The molecular weight excluding hydrogens is 298 g/mol. The molecule has 0 bridgehead atoms. The van der Waals surface area contributed by atoms with Crippen LogP contribution in [0.15, 0.2) is 22.7 Å². The Morgan fingerprint density at radius 2 is 2.17 bits per heavy atom. The highest BCUT2D eigenvalue weighted by Gasteiger charge is 2.52. The average Bonchev–Trinajstić information content (AvgIpc) is 2.56. The monoisotopic (exact) mass is 309 g/mol. The summed E-state index contributed by atoms with van der Waals surface area (Å²) in [6.45, 7) is 0.151. The molecule has 1 fully saturated rings. The fraction of sp³-hybridized carbons (Fsp3) is 0.385. The second-order valence-corrected chi connectivity index (χ2v) is 5.68. The number of ether oxygens (including phenoxy) is 1. The van der Waals surface area contributed by atoms with Crippen molar-refractivity contribution in [2.75, 3.05) is 18.6 Å². The normalized spacial score (nSPS) is 26.4. The molecule has 1 atom stereocenters. The Bertz CT molecular complexity index is 545.